The highest BCUT2D eigenvalue weighted by atomic mass is 15.1. The SMILES string of the molecule is CN1CCCc2ccc(C(C)(C)C)cc2C1. The van der Waals surface area contributed by atoms with Gasteiger partial charge in [0.15, 0.2) is 0 Å². The Morgan fingerprint density at radius 3 is 2.56 bits per heavy atom. The van der Waals surface area contributed by atoms with E-state index in [1.807, 2.05) is 0 Å². The minimum absolute atomic E-state index is 0.264. The Balaban J connectivity index is 2.37. The van der Waals surface area contributed by atoms with Crippen LogP contribution in [0.2, 0.25) is 0 Å². The first kappa shape index (κ1) is 11.7. The van der Waals surface area contributed by atoms with Crippen LogP contribution in [0.4, 0.5) is 0 Å². The van der Waals surface area contributed by atoms with Crippen LogP contribution in [-0.4, -0.2) is 18.5 Å². The molecule has 88 valence electrons. The summed E-state index contributed by atoms with van der Waals surface area (Å²) in [5, 5.41) is 0. The summed E-state index contributed by atoms with van der Waals surface area (Å²) in [6.45, 7) is 9.19. The molecule has 16 heavy (non-hydrogen) atoms. The molecule has 1 heterocycles. The second kappa shape index (κ2) is 4.21. The summed E-state index contributed by atoms with van der Waals surface area (Å²) in [6, 6.07) is 7.07. The predicted octanol–water partition coefficient (Wildman–Crippen LogP) is 3.36. The minimum Gasteiger partial charge on any atom is -0.302 e. The Morgan fingerprint density at radius 1 is 1.12 bits per heavy atom. The van der Waals surface area contributed by atoms with E-state index in [2.05, 4.69) is 50.9 Å². The zero-order valence-corrected chi connectivity index (χ0v) is 11.0. The average molecular weight is 217 g/mol. The number of fused-ring (bicyclic) bond motifs is 1. The van der Waals surface area contributed by atoms with Gasteiger partial charge in [0.1, 0.15) is 0 Å². The number of hydrogen-bond donors (Lipinski definition) is 0. The molecule has 1 aromatic carbocycles. The fourth-order valence-corrected chi connectivity index (χ4v) is 2.39. The van der Waals surface area contributed by atoms with Gasteiger partial charge in [0, 0.05) is 6.54 Å². The molecule has 0 unspecified atom stereocenters. The van der Waals surface area contributed by atoms with E-state index in [0.717, 1.165) is 6.54 Å². The minimum atomic E-state index is 0.264. The van der Waals surface area contributed by atoms with Gasteiger partial charge >= 0.3 is 0 Å². The van der Waals surface area contributed by atoms with Crippen molar-refractivity contribution in [2.75, 3.05) is 13.6 Å². The van der Waals surface area contributed by atoms with Gasteiger partial charge in [-0.1, -0.05) is 39.0 Å². The highest BCUT2D eigenvalue weighted by molar-refractivity contribution is 5.35. The molecular formula is C15H23N. The molecule has 0 aliphatic carbocycles. The lowest BCUT2D eigenvalue weighted by Crippen LogP contribution is -2.18. The van der Waals surface area contributed by atoms with Gasteiger partial charge < -0.3 is 4.90 Å². The van der Waals surface area contributed by atoms with E-state index in [0.29, 0.717) is 0 Å². The van der Waals surface area contributed by atoms with Gasteiger partial charge in [-0.15, -0.1) is 0 Å². The molecule has 1 aromatic rings. The number of hydrogen-bond acceptors (Lipinski definition) is 1. The average Bonchev–Trinajstić information content (AvgIpc) is 2.35. The molecule has 0 spiro atoms. The van der Waals surface area contributed by atoms with Crippen LogP contribution < -0.4 is 0 Å². The molecule has 0 atom stereocenters. The molecule has 0 bridgehead atoms. The maximum Gasteiger partial charge on any atom is 0.0233 e. The van der Waals surface area contributed by atoms with E-state index in [1.54, 1.807) is 5.56 Å². The van der Waals surface area contributed by atoms with Crippen LogP contribution in [0.1, 0.15) is 43.9 Å². The van der Waals surface area contributed by atoms with Gasteiger partial charge in [0.25, 0.3) is 0 Å². The highest BCUT2D eigenvalue weighted by Crippen LogP contribution is 2.26. The Bertz CT molecular complexity index is 374. The Labute approximate surface area is 99.5 Å². The molecule has 0 amide bonds. The topological polar surface area (TPSA) is 3.24 Å². The normalized spacial score (nSPS) is 18.0. The molecule has 0 saturated heterocycles. The molecule has 0 saturated carbocycles. The third-order valence-corrected chi connectivity index (χ3v) is 3.50. The van der Waals surface area contributed by atoms with Gasteiger partial charge in [-0.2, -0.15) is 0 Å². The molecule has 0 fully saturated rings. The zero-order chi connectivity index (χ0) is 11.8. The van der Waals surface area contributed by atoms with Crippen molar-refractivity contribution in [3.05, 3.63) is 34.9 Å². The van der Waals surface area contributed by atoms with Crippen molar-refractivity contribution in [1.29, 1.82) is 0 Å². The third-order valence-electron chi connectivity index (χ3n) is 3.50. The molecule has 0 aromatic heterocycles. The summed E-state index contributed by atoms with van der Waals surface area (Å²) >= 11 is 0. The van der Waals surface area contributed by atoms with Gasteiger partial charge in [0.2, 0.25) is 0 Å². The van der Waals surface area contributed by atoms with Crippen LogP contribution in [0.5, 0.6) is 0 Å². The van der Waals surface area contributed by atoms with Crippen LogP contribution in [0, 0.1) is 0 Å². The zero-order valence-electron chi connectivity index (χ0n) is 11.0. The largest absolute Gasteiger partial charge is 0.302 e. The van der Waals surface area contributed by atoms with Crippen molar-refractivity contribution in [3.63, 3.8) is 0 Å². The number of aryl methyl sites for hydroxylation is 1. The van der Waals surface area contributed by atoms with Crippen molar-refractivity contribution in [2.45, 2.75) is 45.6 Å². The summed E-state index contributed by atoms with van der Waals surface area (Å²) in [6.07, 6.45) is 2.53. The maximum absolute atomic E-state index is 2.43. The van der Waals surface area contributed by atoms with Crippen LogP contribution >= 0.6 is 0 Å². The van der Waals surface area contributed by atoms with Crippen LogP contribution in [0.3, 0.4) is 0 Å². The first-order chi connectivity index (χ1) is 7.47. The summed E-state index contributed by atoms with van der Waals surface area (Å²) in [7, 11) is 2.22. The summed E-state index contributed by atoms with van der Waals surface area (Å²) < 4.78 is 0. The van der Waals surface area contributed by atoms with Crippen LogP contribution in [0.25, 0.3) is 0 Å². The standard InChI is InChI=1S/C15H23N/c1-15(2,3)14-8-7-12-6-5-9-16(4)11-13(12)10-14/h7-8,10H,5-6,9,11H2,1-4H3. The fourth-order valence-electron chi connectivity index (χ4n) is 2.39. The van der Waals surface area contributed by atoms with Gasteiger partial charge in [-0.25, -0.2) is 0 Å². The predicted molar refractivity (Wildman–Crippen MR) is 69.8 cm³/mol. The van der Waals surface area contributed by atoms with Crippen molar-refractivity contribution in [2.24, 2.45) is 0 Å². The molecule has 1 aliphatic rings. The van der Waals surface area contributed by atoms with E-state index in [-0.39, 0.29) is 5.41 Å². The van der Waals surface area contributed by atoms with E-state index in [4.69, 9.17) is 0 Å². The molecule has 0 radical (unpaired) electrons. The smallest absolute Gasteiger partial charge is 0.0233 e. The molecule has 1 heteroatoms. The molecule has 0 N–H and O–H groups in total. The lowest BCUT2D eigenvalue weighted by atomic mass is 9.85. The highest BCUT2D eigenvalue weighted by Gasteiger charge is 2.17. The molecule has 2 rings (SSSR count). The Hall–Kier alpha value is -0.820. The maximum atomic E-state index is 2.43. The van der Waals surface area contributed by atoms with Crippen LogP contribution in [-0.2, 0) is 18.4 Å². The lowest BCUT2D eigenvalue weighted by molar-refractivity contribution is 0.332. The molecule has 1 nitrogen and oxygen atoms in total. The van der Waals surface area contributed by atoms with Gasteiger partial charge in [-0.3, -0.25) is 0 Å². The quantitative estimate of drug-likeness (QED) is 0.644. The van der Waals surface area contributed by atoms with Crippen molar-refractivity contribution in [1.82, 2.24) is 4.90 Å². The monoisotopic (exact) mass is 217 g/mol. The fraction of sp³-hybridized carbons (Fsp3) is 0.600. The van der Waals surface area contributed by atoms with Crippen molar-refractivity contribution in [3.8, 4) is 0 Å². The molecule has 1 aliphatic heterocycles. The third kappa shape index (κ3) is 2.46. The van der Waals surface area contributed by atoms with Gasteiger partial charge in [-0.05, 0) is 48.5 Å². The second-order valence-corrected chi connectivity index (χ2v) is 6.07. The number of nitrogens with zero attached hydrogens (tertiary/aromatic N) is 1. The van der Waals surface area contributed by atoms with E-state index >= 15 is 0 Å². The van der Waals surface area contributed by atoms with Crippen molar-refractivity contribution >= 4 is 0 Å². The lowest BCUT2D eigenvalue weighted by Gasteiger charge is -2.21. The van der Waals surface area contributed by atoms with Crippen LogP contribution in [0.15, 0.2) is 18.2 Å². The van der Waals surface area contributed by atoms with Gasteiger partial charge in [0.05, 0.1) is 0 Å². The number of rotatable bonds is 0. The summed E-state index contributed by atoms with van der Waals surface area (Å²) in [4.78, 5) is 2.43. The van der Waals surface area contributed by atoms with E-state index in [9.17, 15) is 0 Å². The first-order valence-corrected chi connectivity index (χ1v) is 6.27. The number of benzene rings is 1. The van der Waals surface area contributed by atoms with E-state index < -0.39 is 0 Å². The second-order valence-electron chi connectivity index (χ2n) is 6.07. The Morgan fingerprint density at radius 2 is 1.88 bits per heavy atom. The van der Waals surface area contributed by atoms with E-state index in [1.165, 1.54) is 30.5 Å². The summed E-state index contributed by atoms with van der Waals surface area (Å²) in [5.41, 5.74) is 4.81. The van der Waals surface area contributed by atoms with Crippen molar-refractivity contribution < 1.29 is 0 Å². The first-order valence-electron chi connectivity index (χ1n) is 6.27. The molecular weight excluding hydrogens is 194 g/mol. The Kier molecular flexibility index (Phi) is 3.07. The summed E-state index contributed by atoms with van der Waals surface area (Å²) in [5.74, 6) is 0.